The molecule has 25 heavy (non-hydrogen) atoms. The summed E-state index contributed by atoms with van der Waals surface area (Å²) < 4.78 is 1.96. The van der Waals surface area contributed by atoms with Crippen LogP contribution in [0.4, 0.5) is 0 Å². The Morgan fingerprint density at radius 1 is 1.28 bits per heavy atom. The Morgan fingerprint density at radius 3 is 2.64 bits per heavy atom. The minimum atomic E-state index is -0.482. The normalized spacial score (nSPS) is 16.4. The fraction of sp³-hybridized carbons (Fsp3) is 0.737. The van der Waals surface area contributed by atoms with Crippen LogP contribution in [0.15, 0.2) is 6.07 Å². The molecule has 2 rings (SSSR count). The number of nitrogens with one attached hydrogen (secondary N) is 2. The minimum absolute atomic E-state index is 0.00260. The summed E-state index contributed by atoms with van der Waals surface area (Å²) in [6.45, 7) is 7.11. The van der Waals surface area contributed by atoms with Gasteiger partial charge in [0.25, 0.3) is 0 Å². The van der Waals surface area contributed by atoms with Gasteiger partial charge in [-0.15, -0.1) is 0 Å². The number of carbonyl (C=O) groups excluding carboxylic acids is 2. The van der Waals surface area contributed by atoms with Gasteiger partial charge >= 0.3 is 0 Å². The van der Waals surface area contributed by atoms with Crippen LogP contribution in [0.25, 0.3) is 0 Å². The van der Waals surface area contributed by atoms with E-state index < -0.39 is 6.04 Å². The number of amides is 2. The third-order valence-electron chi connectivity index (χ3n) is 4.92. The van der Waals surface area contributed by atoms with Gasteiger partial charge in [-0.05, 0) is 52.0 Å². The molecule has 0 unspecified atom stereocenters. The van der Waals surface area contributed by atoms with Crippen LogP contribution < -0.4 is 10.6 Å². The average molecular weight is 348 g/mol. The second-order valence-corrected chi connectivity index (χ2v) is 7.29. The second-order valence-electron chi connectivity index (χ2n) is 7.29. The minimum Gasteiger partial charge on any atom is -0.354 e. The lowest BCUT2D eigenvalue weighted by Gasteiger charge is -2.22. The number of carbonyl (C=O) groups is 2. The number of rotatable bonds is 8. The van der Waals surface area contributed by atoms with E-state index in [-0.39, 0.29) is 11.8 Å². The van der Waals surface area contributed by atoms with E-state index in [1.807, 2.05) is 24.6 Å². The quantitative estimate of drug-likeness (QED) is 0.709. The molecule has 6 nitrogen and oxygen atoms in total. The fourth-order valence-electron chi connectivity index (χ4n) is 3.51. The molecule has 2 N–H and O–H groups in total. The third-order valence-corrected chi connectivity index (χ3v) is 4.92. The summed E-state index contributed by atoms with van der Waals surface area (Å²) in [6, 6.07) is 1.56. The van der Waals surface area contributed by atoms with Crippen molar-refractivity contribution in [2.24, 2.45) is 5.92 Å². The van der Waals surface area contributed by atoms with Crippen molar-refractivity contribution in [3.63, 3.8) is 0 Å². The topological polar surface area (TPSA) is 76.0 Å². The maximum absolute atomic E-state index is 12.1. The van der Waals surface area contributed by atoms with Crippen molar-refractivity contribution in [2.45, 2.75) is 78.3 Å². The highest BCUT2D eigenvalue weighted by Gasteiger charge is 2.20. The first-order valence-electron chi connectivity index (χ1n) is 9.54. The van der Waals surface area contributed by atoms with Gasteiger partial charge < -0.3 is 10.6 Å². The largest absolute Gasteiger partial charge is 0.354 e. The average Bonchev–Trinajstić information content (AvgIpc) is 2.89. The first kappa shape index (κ1) is 19.5. The molecule has 1 aromatic heterocycles. The van der Waals surface area contributed by atoms with Gasteiger partial charge in [0.15, 0.2) is 0 Å². The Morgan fingerprint density at radius 2 is 2.00 bits per heavy atom. The Bertz CT molecular complexity index is 576. The van der Waals surface area contributed by atoms with Gasteiger partial charge in [-0.1, -0.05) is 19.3 Å². The van der Waals surface area contributed by atoms with Crippen molar-refractivity contribution >= 4 is 11.8 Å². The summed E-state index contributed by atoms with van der Waals surface area (Å²) in [7, 11) is 0. The Balaban J connectivity index is 1.62. The van der Waals surface area contributed by atoms with Crippen LogP contribution >= 0.6 is 0 Å². The maximum Gasteiger partial charge on any atom is 0.242 e. The number of aryl methyl sites for hydroxylation is 3. The van der Waals surface area contributed by atoms with Crippen LogP contribution in [0.5, 0.6) is 0 Å². The molecule has 0 aromatic carbocycles. The van der Waals surface area contributed by atoms with Crippen molar-refractivity contribution in [3.8, 4) is 0 Å². The lowest BCUT2D eigenvalue weighted by Crippen LogP contribution is -2.45. The predicted octanol–water partition coefficient (Wildman–Crippen LogP) is 2.48. The molecule has 2 amide bonds. The molecule has 0 aliphatic heterocycles. The smallest absolute Gasteiger partial charge is 0.242 e. The second kappa shape index (κ2) is 9.59. The zero-order chi connectivity index (χ0) is 18.2. The van der Waals surface area contributed by atoms with Gasteiger partial charge in [0.2, 0.25) is 11.8 Å². The van der Waals surface area contributed by atoms with Gasteiger partial charge in [-0.3, -0.25) is 14.3 Å². The molecule has 1 atom stereocenters. The zero-order valence-electron chi connectivity index (χ0n) is 15.8. The van der Waals surface area contributed by atoms with Crippen LogP contribution in [0.3, 0.4) is 0 Å². The summed E-state index contributed by atoms with van der Waals surface area (Å²) in [5.74, 6) is 0.368. The standard InChI is InChI=1S/C19H32N4O2/c1-14-12-15(2)23(22-14)11-7-10-20-19(25)16(3)21-18(24)13-17-8-5-4-6-9-17/h12,16-17H,4-11,13H2,1-3H3,(H,20,25)(H,21,24)/t16-/m0/s1. The Hall–Kier alpha value is -1.85. The molecule has 1 aromatic rings. The predicted molar refractivity (Wildman–Crippen MR) is 98.1 cm³/mol. The molecule has 1 fully saturated rings. The van der Waals surface area contributed by atoms with Crippen molar-refractivity contribution in [1.82, 2.24) is 20.4 Å². The number of hydrogen-bond acceptors (Lipinski definition) is 3. The van der Waals surface area contributed by atoms with Crippen LogP contribution in [-0.2, 0) is 16.1 Å². The molecule has 140 valence electrons. The van der Waals surface area contributed by atoms with E-state index in [1.54, 1.807) is 6.92 Å². The molecule has 1 heterocycles. The molecule has 0 saturated heterocycles. The zero-order valence-corrected chi connectivity index (χ0v) is 15.8. The van der Waals surface area contributed by atoms with Crippen LogP contribution in [0.1, 0.15) is 63.3 Å². The molecule has 0 radical (unpaired) electrons. The van der Waals surface area contributed by atoms with E-state index >= 15 is 0 Å². The van der Waals surface area contributed by atoms with E-state index in [9.17, 15) is 9.59 Å². The first-order chi connectivity index (χ1) is 12.0. The van der Waals surface area contributed by atoms with E-state index in [0.717, 1.165) is 37.2 Å². The highest BCUT2D eigenvalue weighted by atomic mass is 16.2. The molecular weight excluding hydrogens is 316 g/mol. The van der Waals surface area contributed by atoms with E-state index in [1.165, 1.54) is 19.3 Å². The summed E-state index contributed by atoms with van der Waals surface area (Å²) in [5.41, 5.74) is 2.14. The van der Waals surface area contributed by atoms with Crippen molar-refractivity contribution in [3.05, 3.63) is 17.5 Å². The van der Waals surface area contributed by atoms with Gasteiger partial charge in [0.05, 0.1) is 5.69 Å². The third kappa shape index (κ3) is 6.52. The van der Waals surface area contributed by atoms with Crippen molar-refractivity contribution in [2.75, 3.05) is 6.54 Å². The lowest BCUT2D eigenvalue weighted by molar-refractivity contribution is -0.129. The first-order valence-corrected chi connectivity index (χ1v) is 9.54. The number of aromatic nitrogens is 2. The molecule has 1 aliphatic carbocycles. The van der Waals surface area contributed by atoms with Gasteiger partial charge in [-0.2, -0.15) is 5.10 Å². The fourth-order valence-corrected chi connectivity index (χ4v) is 3.51. The van der Waals surface area contributed by atoms with Crippen molar-refractivity contribution in [1.29, 1.82) is 0 Å². The van der Waals surface area contributed by atoms with Crippen LogP contribution in [-0.4, -0.2) is 34.2 Å². The van der Waals surface area contributed by atoms with Crippen LogP contribution in [0.2, 0.25) is 0 Å². The highest BCUT2D eigenvalue weighted by Crippen LogP contribution is 2.26. The Labute approximate surface area is 150 Å². The van der Waals surface area contributed by atoms with Gasteiger partial charge in [0.1, 0.15) is 6.04 Å². The molecule has 0 spiro atoms. The van der Waals surface area contributed by atoms with E-state index in [4.69, 9.17) is 0 Å². The SMILES string of the molecule is Cc1cc(C)n(CCCNC(=O)[C@H](C)NC(=O)CC2CCCCC2)n1. The summed E-state index contributed by atoms with van der Waals surface area (Å²) in [6.07, 6.45) is 7.38. The molecule has 1 aliphatic rings. The summed E-state index contributed by atoms with van der Waals surface area (Å²) in [5, 5.41) is 10.1. The molecule has 0 bridgehead atoms. The lowest BCUT2D eigenvalue weighted by atomic mass is 9.87. The number of nitrogens with zero attached hydrogens (tertiary/aromatic N) is 2. The van der Waals surface area contributed by atoms with E-state index in [2.05, 4.69) is 15.7 Å². The molecule has 6 heteroatoms. The van der Waals surface area contributed by atoms with Gasteiger partial charge in [-0.25, -0.2) is 0 Å². The van der Waals surface area contributed by atoms with Gasteiger partial charge in [0, 0.05) is 25.2 Å². The monoisotopic (exact) mass is 348 g/mol. The molecular formula is C19H32N4O2. The maximum atomic E-state index is 12.1. The Kier molecular flexibility index (Phi) is 7.47. The molecule has 1 saturated carbocycles. The summed E-state index contributed by atoms with van der Waals surface area (Å²) >= 11 is 0. The van der Waals surface area contributed by atoms with Crippen LogP contribution in [0, 0.1) is 19.8 Å². The number of hydrogen-bond donors (Lipinski definition) is 2. The highest BCUT2D eigenvalue weighted by molar-refractivity contribution is 5.87. The van der Waals surface area contributed by atoms with E-state index in [0.29, 0.717) is 18.9 Å². The van der Waals surface area contributed by atoms with Crippen molar-refractivity contribution < 1.29 is 9.59 Å². The summed E-state index contributed by atoms with van der Waals surface area (Å²) in [4.78, 5) is 24.2.